The molecule has 2 heterocycles. The van der Waals surface area contributed by atoms with Gasteiger partial charge in [0.25, 0.3) is 0 Å². The minimum atomic E-state index is -0.845. The Morgan fingerprint density at radius 3 is 2.66 bits per heavy atom. The van der Waals surface area contributed by atoms with E-state index in [1.807, 2.05) is 30.3 Å². The molecule has 0 radical (unpaired) electrons. The fourth-order valence-corrected chi connectivity index (χ4v) is 3.24. The van der Waals surface area contributed by atoms with E-state index < -0.39 is 11.5 Å². The zero-order chi connectivity index (χ0) is 23.1. The molecular weight excluding hydrogens is 408 g/mol. The number of hydrogen-bond donors (Lipinski definition) is 2. The molecule has 0 spiro atoms. The predicted molar refractivity (Wildman–Crippen MR) is 121 cm³/mol. The average molecular weight is 439 g/mol. The molecule has 2 N–H and O–H groups in total. The Bertz CT molecular complexity index is 1000. The van der Waals surface area contributed by atoms with Gasteiger partial charge in [0, 0.05) is 50.7 Å². The molecule has 0 aliphatic heterocycles. The average Bonchev–Trinajstić information content (AvgIpc) is 3.30. The summed E-state index contributed by atoms with van der Waals surface area (Å²) >= 11 is 0. The van der Waals surface area contributed by atoms with Crippen molar-refractivity contribution < 1.29 is 19.1 Å². The van der Waals surface area contributed by atoms with E-state index in [1.165, 1.54) is 4.90 Å². The third-order valence-electron chi connectivity index (χ3n) is 5.08. The highest BCUT2D eigenvalue weighted by molar-refractivity contribution is 5.86. The summed E-state index contributed by atoms with van der Waals surface area (Å²) in [5, 5.41) is 13.3. The molecule has 8 nitrogen and oxygen atoms in total. The first kappa shape index (κ1) is 23.4. The lowest BCUT2D eigenvalue weighted by Crippen LogP contribution is -2.39. The quantitative estimate of drug-likeness (QED) is 0.470. The largest absolute Gasteiger partial charge is 0.492 e. The predicted octanol–water partition coefficient (Wildman–Crippen LogP) is 2.80. The standard InChI is InChI=1S/C24H30N4O4/c1-24(2,23(30)28(3)4)22-27-20(16-32-22)17-7-9-19(10-8-17)31-13-12-26-15-21(29)18-6-5-11-25-14-18/h5-11,14,16,21,26,29H,12-13,15H2,1-4H3/t21-/m1/s1. The molecule has 170 valence electrons. The fourth-order valence-electron chi connectivity index (χ4n) is 3.24. The van der Waals surface area contributed by atoms with Crippen molar-refractivity contribution in [1.29, 1.82) is 0 Å². The molecule has 0 unspecified atom stereocenters. The van der Waals surface area contributed by atoms with Crippen molar-refractivity contribution in [3.63, 3.8) is 0 Å². The van der Waals surface area contributed by atoms with E-state index >= 15 is 0 Å². The number of likely N-dealkylation sites (N-methyl/N-ethyl adjacent to an activating group) is 1. The Morgan fingerprint density at radius 1 is 1.25 bits per heavy atom. The zero-order valence-corrected chi connectivity index (χ0v) is 18.9. The lowest BCUT2D eigenvalue weighted by molar-refractivity contribution is -0.134. The molecule has 0 bridgehead atoms. The SMILES string of the molecule is CN(C)C(=O)C(C)(C)c1nc(-c2ccc(OCCNC[C@@H](O)c3cccnc3)cc2)co1. The fraction of sp³-hybridized carbons (Fsp3) is 0.375. The van der Waals surface area contributed by atoms with E-state index in [9.17, 15) is 9.90 Å². The number of oxazole rings is 1. The van der Waals surface area contributed by atoms with Crippen molar-refractivity contribution in [2.45, 2.75) is 25.4 Å². The number of benzene rings is 1. The molecule has 1 atom stereocenters. The lowest BCUT2D eigenvalue weighted by Gasteiger charge is -2.23. The van der Waals surface area contributed by atoms with Crippen LogP contribution in [0, 0.1) is 0 Å². The number of pyridine rings is 1. The van der Waals surface area contributed by atoms with Crippen LogP contribution >= 0.6 is 0 Å². The highest BCUT2D eigenvalue weighted by Crippen LogP contribution is 2.28. The maximum atomic E-state index is 12.4. The summed E-state index contributed by atoms with van der Waals surface area (Å²) in [6, 6.07) is 11.2. The molecule has 3 aromatic rings. The monoisotopic (exact) mass is 438 g/mol. The van der Waals surface area contributed by atoms with Crippen molar-refractivity contribution in [3.05, 3.63) is 66.5 Å². The summed E-state index contributed by atoms with van der Waals surface area (Å²) in [6.07, 6.45) is 4.29. The highest BCUT2D eigenvalue weighted by atomic mass is 16.5. The van der Waals surface area contributed by atoms with Crippen LogP contribution < -0.4 is 10.1 Å². The Morgan fingerprint density at radius 2 is 2.00 bits per heavy atom. The first-order valence-corrected chi connectivity index (χ1v) is 10.5. The number of aliphatic hydroxyl groups is 1. The first-order valence-electron chi connectivity index (χ1n) is 10.5. The number of nitrogens with zero attached hydrogens (tertiary/aromatic N) is 3. The summed E-state index contributed by atoms with van der Waals surface area (Å²) in [5.74, 6) is 1.04. The van der Waals surface area contributed by atoms with Gasteiger partial charge in [0.15, 0.2) is 0 Å². The van der Waals surface area contributed by atoms with Crippen LogP contribution in [0.1, 0.15) is 31.4 Å². The smallest absolute Gasteiger partial charge is 0.237 e. The van der Waals surface area contributed by atoms with Gasteiger partial charge in [-0.3, -0.25) is 9.78 Å². The van der Waals surface area contributed by atoms with Gasteiger partial charge in [0.1, 0.15) is 29.7 Å². The van der Waals surface area contributed by atoms with Crippen LogP contribution in [0.15, 0.2) is 59.5 Å². The second kappa shape index (κ2) is 10.4. The minimum absolute atomic E-state index is 0.0730. The Labute approximate surface area is 188 Å². The molecule has 1 amide bonds. The van der Waals surface area contributed by atoms with E-state index in [4.69, 9.17) is 9.15 Å². The molecule has 0 fully saturated rings. The molecule has 0 aliphatic carbocycles. The molecule has 2 aromatic heterocycles. The summed E-state index contributed by atoms with van der Waals surface area (Å²) in [5.41, 5.74) is 1.47. The molecule has 32 heavy (non-hydrogen) atoms. The van der Waals surface area contributed by atoms with Crippen LogP contribution in [0.25, 0.3) is 11.3 Å². The Hall–Kier alpha value is -3.23. The van der Waals surface area contributed by atoms with E-state index in [-0.39, 0.29) is 5.91 Å². The molecule has 0 saturated carbocycles. The minimum Gasteiger partial charge on any atom is -0.492 e. The third-order valence-corrected chi connectivity index (χ3v) is 5.08. The van der Waals surface area contributed by atoms with Crippen molar-refractivity contribution in [2.24, 2.45) is 0 Å². The number of hydrogen-bond acceptors (Lipinski definition) is 7. The number of ether oxygens (including phenoxy) is 1. The summed E-state index contributed by atoms with van der Waals surface area (Å²) in [6.45, 7) is 5.08. The van der Waals surface area contributed by atoms with Crippen molar-refractivity contribution in [2.75, 3.05) is 33.8 Å². The van der Waals surface area contributed by atoms with Gasteiger partial charge in [-0.1, -0.05) is 6.07 Å². The number of nitrogens with one attached hydrogen (secondary N) is 1. The summed E-state index contributed by atoms with van der Waals surface area (Å²) in [7, 11) is 3.43. The third kappa shape index (κ3) is 5.72. The van der Waals surface area contributed by atoms with E-state index in [0.29, 0.717) is 31.3 Å². The number of amides is 1. The van der Waals surface area contributed by atoms with Crippen LogP contribution in [0.3, 0.4) is 0 Å². The second-order valence-electron chi connectivity index (χ2n) is 8.24. The number of carbonyl (C=O) groups is 1. The van der Waals surface area contributed by atoms with Gasteiger partial charge in [-0.2, -0.15) is 0 Å². The molecule has 0 aliphatic rings. The highest BCUT2D eigenvalue weighted by Gasteiger charge is 2.36. The van der Waals surface area contributed by atoms with E-state index in [0.717, 1.165) is 16.9 Å². The van der Waals surface area contributed by atoms with Crippen LogP contribution in [-0.2, 0) is 10.2 Å². The van der Waals surface area contributed by atoms with Gasteiger partial charge >= 0.3 is 0 Å². The van der Waals surface area contributed by atoms with Crippen molar-refractivity contribution >= 4 is 5.91 Å². The molecule has 8 heteroatoms. The maximum absolute atomic E-state index is 12.4. The summed E-state index contributed by atoms with van der Waals surface area (Å²) < 4.78 is 11.4. The lowest BCUT2D eigenvalue weighted by atomic mass is 9.91. The maximum Gasteiger partial charge on any atom is 0.237 e. The van der Waals surface area contributed by atoms with Gasteiger partial charge < -0.3 is 24.5 Å². The van der Waals surface area contributed by atoms with Crippen LogP contribution in [0.5, 0.6) is 5.75 Å². The van der Waals surface area contributed by atoms with Crippen LogP contribution in [-0.4, -0.2) is 59.7 Å². The van der Waals surface area contributed by atoms with Gasteiger partial charge in [-0.25, -0.2) is 4.98 Å². The Kier molecular flexibility index (Phi) is 7.61. The van der Waals surface area contributed by atoms with Crippen molar-refractivity contribution in [3.8, 4) is 17.0 Å². The Balaban J connectivity index is 1.48. The van der Waals surface area contributed by atoms with Crippen molar-refractivity contribution in [1.82, 2.24) is 20.2 Å². The number of aliphatic hydroxyl groups excluding tert-OH is 1. The molecular formula is C24H30N4O4. The normalized spacial score (nSPS) is 12.4. The van der Waals surface area contributed by atoms with Gasteiger partial charge in [-0.15, -0.1) is 0 Å². The van der Waals surface area contributed by atoms with Crippen LogP contribution in [0.4, 0.5) is 0 Å². The number of aromatic nitrogens is 2. The number of rotatable bonds is 10. The second-order valence-corrected chi connectivity index (χ2v) is 8.24. The van der Waals surface area contributed by atoms with Crippen LogP contribution in [0.2, 0.25) is 0 Å². The molecule has 1 aromatic carbocycles. The van der Waals surface area contributed by atoms with E-state index in [1.54, 1.807) is 52.7 Å². The number of carbonyl (C=O) groups excluding carboxylic acids is 1. The van der Waals surface area contributed by atoms with Gasteiger partial charge in [-0.05, 0) is 44.2 Å². The zero-order valence-electron chi connectivity index (χ0n) is 18.9. The van der Waals surface area contributed by atoms with Gasteiger partial charge in [0.05, 0.1) is 6.10 Å². The van der Waals surface area contributed by atoms with Gasteiger partial charge in [0.2, 0.25) is 11.8 Å². The molecule has 3 rings (SSSR count). The topological polar surface area (TPSA) is 101 Å². The summed E-state index contributed by atoms with van der Waals surface area (Å²) in [4.78, 5) is 22.5. The molecule has 0 saturated heterocycles. The van der Waals surface area contributed by atoms with E-state index in [2.05, 4.69) is 15.3 Å². The first-order chi connectivity index (χ1) is 15.3.